The molecule has 0 radical (unpaired) electrons. The lowest BCUT2D eigenvalue weighted by Gasteiger charge is -2.17. The third-order valence-corrected chi connectivity index (χ3v) is 5.01. The molecule has 0 atom stereocenters. The van der Waals surface area contributed by atoms with Crippen molar-refractivity contribution in [3.8, 4) is 0 Å². The number of carbonyl (C=O) groups is 2. The van der Waals surface area contributed by atoms with Crippen molar-refractivity contribution >= 4 is 22.8 Å². The first-order valence-corrected chi connectivity index (χ1v) is 9.81. The zero-order chi connectivity index (χ0) is 22.4. The number of carbonyl (C=O) groups excluding carboxylic acids is 2. The second kappa shape index (κ2) is 9.65. The number of fused-ring (bicyclic) bond motifs is 3. The monoisotopic (exact) mass is 433 g/mol. The minimum Gasteiger partial charge on any atom is -0.542 e. The largest absolute Gasteiger partial charge is 0.542 e. The van der Waals surface area contributed by atoms with E-state index in [9.17, 15) is 18.0 Å². The number of rotatable bonds is 5. The van der Waals surface area contributed by atoms with Crippen molar-refractivity contribution in [2.75, 3.05) is 13.1 Å². The number of alkyl halides is 3. The summed E-state index contributed by atoms with van der Waals surface area (Å²) in [7, 11) is 0. The van der Waals surface area contributed by atoms with Crippen LogP contribution in [0.4, 0.5) is 13.2 Å². The average Bonchev–Trinajstić information content (AvgIpc) is 3.16. The van der Waals surface area contributed by atoms with Gasteiger partial charge in [-0.05, 0) is 29.7 Å². The summed E-state index contributed by atoms with van der Waals surface area (Å²) in [6, 6.07) is 14.5. The summed E-state index contributed by atoms with van der Waals surface area (Å²) in [6.07, 6.45) is -1.17. The molecule has 2 aromatic carbocycles. The van der Waals surface area contributed by atoms with Crippen LogP contribution in [0.15, 0.2) is 48.7 Å². The SMILES string of the molecule is O=C([O-])C(F)(F)F.O=C1NCCc2c1ccc1[nH]cc(CC[NH2+]Cc3ccccc3)c21. The fraction of sp³-hybridized carbons (Fsp3) is 0.273. The molecule has 0 saturated carbocycles. The molecule has 1 amide bonds. The number of halogens is 3. The number of nitrogens with two attached hydrogens (primary N) is 1. The van der Waals surface area contributed by atoms with Crippen molar-refractivity contribution in [3.63, 3.8) is 0 Å². The minimum absolute atomic E-state index is 0.0564. The van der Waals surface area contributed by atoms with Crippen molar-refractivity contribution in [1.82, 2.24) is 10.3 Å². The molecule has 4 N–H and O–H groups in total. The molecule has 164 valence electrons. The van der Waals surface area contributed by atoms with Gasteiger partial charge in [0.1, 0.15) is 12.5 Å². The van der Waals surface area contributed by atoms with Gasteiger partial charge in [-0.15, -0.1) is 0 Å². The van der Waals surface area contributed by atoms with Gasteiger partial charge in [0.15, 0.2) is 0 Å². The maximum atomic E-state index is 12.1. The van der Waals surface area contributed by atoms with Gasteiger partial charge in [0.25, 0.3) is 5.91 Å². The molecular weight excluding hydrogens is 411 g/mol. The Morgan fingerprint density at radius 3 is 2.52 bits per heavy atom. The van der Waals surface area contributed by atoms with Crippen molar-refractivity contribution in [1.29, 1.82) is 0 Å². The van der Waals surface area contributed by atoms with Gasteiger partial charge in [0.2, 0.25) is 0 Å². The Morgan fingerprint density at radius 2 is 1.84 bits per heavy atom. The van der Waals surface area contributed by atoms with Gasteiger partial charge in [0, 0.05) is 41.2 Å². The van der Waals surface area contributed by atoms with Crippen LogP contribution >= 0.6 is 0 Å². The van der Waals surface area contributed by atoms with E-state index in [-0.39, 0.29) is 5.91 Å². The lowest BCUT2D eigenvalue weighted by molar-refractivity contribution is -0.670. The second-order valence-corrected chi connectivity index (χ2v) is 7.14. The summed E-state index contributed by atoms with van der Waals surface area (Å²) in [4.78, 5) is 24.2. The predicted molar refractivity (Wildman–Crippen MR) is 106 cm³/mol. The quantitative estimate of drug-likeness (QED) is 0.525. The maximum Gasteiger partial charge on any atom is 0.430 e. The summed E-state index contributed by atoms with van der Waals surface area (Å²) < 4.78 is 31.5. The summed E-state index contributed by atoms with van der Waals surface area (Å²) >= 11 is 0. The number of aliphatic carboxylic acids is 1. The predicted octanol–water partition coefficient (Wildman–Crippen LogP) is 1.06. The third kappa shape index (κ3) is 5.64. The van der Waals surface area contributed by atoms with Crippen LogP contribution < -0.4 is 15.7 Å². The van der Waals surface area contributed by atoms with Gasteiger partial charge in [0.05, 0.1) is 6.54 Å². The molecule has 4 rings (SSSR count). The van der Waals surface area contributed by atoms with E-state index >= 15 is 0 Å². The van der Waals surface area contributed by atoms with E-state index in [0.29, 0.717) is 0 Å². The molecule has 0 fully saturated rings. The lowest BCUT2D eigenvalue weighted by Crippen LogP contribution is -2.83. The number of carboxylic acids is 1. The molecule has 3 aromatic rings. The molecule has 31 heavy (non-hydrogen) atoms. The molecule has 0 aliphatic carbocycles. The topological polar surface area (TPSA) is 102 Å². The second-order valence-electron chi connectivity index (χ2n) is 7.14. The highest BCUT2D eigenvalue weighted by Gasteiger charge is 2.28. The van der Waals surface area contributed by atoms with Gasteiger partial charge in [-0.2, -0.15) is 13.2 Å². The van der Waals surface area contributed by atoms with Crippen LogP contribution in [0.1, 0.15) is 27.0 Å². The lowest BCUT2D eigenvalue weighted by atomic mass is 9.94. The zero-order valence-electron chi connectivity index (χ0n) is 16.6. The Morgan fingerprint density at radius 1 is 1.13 bits per heavy atom. The number of H-pyrrole nitrogens is 1. The maximum absolute atomic E-state index is 12.1. The van der Waals surface area contributed by atoms with E-state index in [4.69, 9.17) is 9.90 Å². The normalized spacial score (nSPS) is 13.2. The van der Waals surface area contributed by atoms with Crippen LogP contribution in [0.2, 0.25) is 0 Å². The number of benzene rings is 2. The number of aromatic amines is 1. The summed E-state index contributed by atoms with van der Waals surface area (Å²) in [6.45, 7) is 2.77. The first-order valence-electron chi connectivity index (χ1n) is 9.81. The van der Waals surface area contributed by atoms with Crippen LogP contribution in [-0.4, -0.2) is 36.1 Å². The molecule has 2 heterocycles. The highest BCUT2D eigenvalue weighted by atomic mass is 19.4. The Kier molecular flexibility index (Phi) is 6.96. The number of carboxylic acid groups (broad SMARTS) is 1. The van der Waals surface area contributed by atoms with E-state index in [1.807, 2.05) is 12.1 Å². The van der Waals surface area contributed by atoms with Crippen LogP contribution in [-0.2, 0) is 24.2 Å². The molecule has 9 heteroatoms. The Bertz CT molecular complexity index is 1060. The van der Waals surface area contributed by atoms with Crippen molar-refractivity contribution in [2.24, 2.45) is 0 Å². The highest BCUT2D eigenvalue weighted by molar-refractivity contribution is 6.02. The molecule has 0 unspecified atom stereocenters. The fourth-order valence-corrected chi connectivity index (χ4v) is 3.58. The van der Waals surface area contributed by atoms with Gasteiger partial charge < -0.3 is 25.5 Å². The van der Waals surface area contributed by atoms with Crippen molar-refractivity contribution < 1.29 is 33.2 Å². The number of hydrogen-bond donors (Lipinski definition) is 3. The first kappa shape index (κ1) is 22.4. The Labute approximate surface area is 176 Å². The van der Waals surface area contributed by atoms with Crippen molar-refractivity contribution in [2.45, 2.75) is 25.6 Å². The fourth-order valence-electron chi connectivity index (χ4n) is 3.58. The smallest absolute Gasteiger partial charge is 0.430 e. The number of quaternary nitrogens is 1. The molecule has 0 spiro atoms. The van der Waals surface area contributed by atoms with E-state index in [2.05, 4.69) is 52.1 Å². The van der Waals surface area contributed by atoms with Crippen LogP contribution in [0.5, 0.6) is 0 Å². The van der Waals surface area contributed by atoms with E-state index in [1.165, 1.54) is 22.1 Å². The molecule has 1 aromatic heterocycles. The highest BCUT2D eigenvalue weighted by Crippen LogP contribution is 2.28. The summed E-state index contributed by atoms with van der Waals surface area (Å²) in [5.74, 6) is -2.95. The Hall–Kier alpha value is -3.33. The zero-order valence-corrected chi connectivity index (χ0v) is 16.6. The van der Waals surface area contributed by atoms with Gasteiger partial charge in [-0.1, -0.05) is 30.3 Å². The van der Waals surface area contributed by atoms with E-state index in [0.717, 1.165) is 43.6 Å². The standard InChI is InChI=1S/C20H21N3O.C2HF3O2/c24-20-17-6-7-18-19(16(17)9-11-22-20)15(13-23-18)8-10-21-12-14-4-2-1-3-5-14;3-2(4,5)1(6)7/h1-7,13,21,23H,8-12H2,(H,22,24);(H,6,7). The van der Waals surface area contributed by atoms with Crippen LogP contribution in [0.25, 0.3) is 10.9 Å². The van der Waals surface area contributed by atoms with Crippen LogP contribution in [0, 0.1) is 0 Å². The molecular formula is C22H22F3N3O3. The van der Waals surface area contributed by atoms with E-state index in [1.54, 1.807) is 0 Å². The Balaban J connectivity index is 0.000000339. The summed E-state index contributed by atoms with van der Waals surface area (Å²) in [5.41, 5.74) is 5.85. The summed E-state index contributed by atoms with van der Waals surface area (Å²) in [5, 5.41) is 15.3. The van der Waals surface area contributed by atoms with Crippen LogP contribution in [0.3, 0.4) is 0 Å². The average molecular weight is 433 g/mol. The third-order valence-electron chi connectivity index (χ3n) is 5.01. The van der Waals surface area contributed by atoms with Gasteiger partial charge in [-0.3, -0.25) is 4.79 Å². The molecule has 1 aliphatic rings. The van der Waals surface area contributed by atoms with Gasteiger partial charge in [-0.25, -0.2) is 0 Å². The molecule has 0 bridgehead atoms. The number of hydrogen-bond acceptors (Lipinski definition) is 3. The minimum atomic E-state index is -5.19. The number of amides is 1. The molecule has 6 nitrogen and oxygen atoms in total. The molecule has 1 aliphatic heterocycles. The van der Waals surface area contributed by atoms with Gasteiger partial charge >= 0.3 is 6.18 Å². The number of aromatic nitrogens is 1. The number of nitrogens with one attached hydrogen (secondary N) is 2. The molecule has 0 saturated heterocycles. The first-order chi connectivity index (χ1) is 14.8. The van der Waals surface area contributed by atoms with E-state index < -0.39 is 12.1 Å². The van der Waals surface area contributed by atoms with Crippen molar-refractivity contribution in [3.05, 3.63) is 70.9 Å².